The van der Waals surface area contributed by atoms with Crippen LogP contribution >= 0.6 is 0 Å². The highest BCUT2D eigenvalue weighted by atomic mass is 16.5. The monoisotopic (exact) mass is 278 g/mol. The molecule has 0 heterocycles. The molecule has 0 aliphatic heterocycles. The van der Waals surface area contributed by atoms with Crippen molar-refractivity contribution in [3.8, 4) is 5.75 Å². The average molecular weight is 278 g/mol. The predicted octanol–water partition coefficient (Wildman–Crippen LogP) is 2.34. The van der Waals surface area contributed by atoms with Gasteiger partial charge < -0.3 is 15.8 Å². The quantitative estimate of drug-likeness (QED) is 0.681. The summed E-state index contributed by atoms with van der Waals surface area (Å²) < 4.78 is 5.52. The van der Waals surface area contributed by atoms with E-state index in [0.29, 0.717) is 13.2 Å². The molecule has 3 N–H and O–H groups in total. The normalized spacial score (nSPS) is 13.6. The lowest BCUT2D eigenvalue weighted by Crippen LogP contribution is -2.32. The molecule has 0 spiro atoms. The third kappa shape index (κ3) is 7.14. The highest BCUT2D eigenvalue weighted by molar-refractivity contribution is 5.78. The highest BCUT2D eigenvalue weighted by Crippen LogP contribution is 2.09. The van der Waals surface area contributed by atoms with E-state index in [2.05, 4.69) is 5.32 Å². The van der Waals surface area contributed by atoms with Gasteiger partial charge >= 0.3 is 0 Å². The van der Waals surface area contributed by atoms with Crippen LogP contribution in [0.5, 0.6) is 5.75 Å². The van der Waals surface area contributed by atoms with Crippen molar-refractivity contribution in [3.05, 3.63) is 30.3 Å². The molecule has 20 heavy (non-hydrogen) atoms. The van der Waals surface area contributed by atoms with E-state index in [0.717, 1.165) is 25.0 Å². The van der Waals surface area contributed by atoms with Crippen molar-refractivity contribution in [2.45, 2.75) is 39.2 Å². The van der Waals surface area contributed by atoms with Crippen LogP contribution < -0.4 is 15.8 Å². The zero-order valence-corrected chi connectivity index (χ0v) is 12.5. The Bertz CT molecular complexity index is 379. The minimum atomic E-state index is 0.0328. The molecule has 2 atom stereocenters. The Morgan fingerprint density at radius 2 is 1.95 bits per heavy atom. The van der Waals surface area contributed by atoms with Crippen LogP contribution in [-0.4, -0.2) is 25.1 Å². The molecule has 0 aromatic heterocycles. The third-order valence-electron chi connectivity index (χ3n) is 3.16. The fourth-order valence-corrected chi connectivity index (χ4v) is 1.91. The van der Waals surface area contributed by atoms with E-state index >= 15 is 0 Å². The molecule has 112 valence electrons. The summed E-state index contributed by atoms with van der Waals surface area (Å²) in [4.78, 5) is 11.8. The number of rotatable bonds is 9. The number of carbonyl (C=O) groups excluding carboxylic acids is 1. The minimum Gasteiger partial charge on any atom is -0.492 e. The van der Waals surface area contributed by atoms with Gasteiger partial charge in [-0.05, 0) is 31.9 Å². The van der Waals surface area contributed by atoms with Crippen LogP contribution in [0, 0.1) is 5.92 Å². The molecule has 0 saturated heterocycles. The summed E-state index contributed by atoms with van der Waals surface area (Å²) in [6.07, 6.45) is 2.84. The first kappa shape index (κ1) is 16.5. The van der Waals surface area contributed by atoms with Gasteiger partial charge in [-0.1, -0.05) is 31.5 Å². The first-order chi connectivity index (χ1) is 9.59. The van der Waals surface area contributed by atoms with Gasteiger partial charge in [-0.2, -0.15) is 0 Å². The van der Waals surface area contributed by atoms with Crippen molar-refractivity contribution in [1.82, 2.24) is 5.32 Å². The summed E-state index contributed by atoms with van der Waals surface area (Å²) in [5.74, 6) is 0.948. The van der Waals surface area contributed by atoms with Gasteiger partial charge in [-0.15, -0.1) is 0 Å². The smallest absolute Gasteiger partial charge is 0.222 e. The van der Waals surface area contributed by atoms with Crippen molar-refractivity contribution in [2.75, 3.05) is 13.2 Å². The van der Waals surface area contributed by atoms with Gasteiger partial charge in [0.25, 0.3) is 0 Å². The minimum absolute atomic E-state index is 0.0328. The summed E-state index contributed by atoms with van der Waals surface area (Å²) in [7, 11) is 0. The summed E-state index contributed by atoms with van der Waals surface area (Å²) >= 11 is 0. The number of carbonyl (C=O) groups is 1. The molecule has 4 nitrogen and oxygen atoms in total. The van der Waals surface area contributed by atoms with Crippen molar-refractivity contribution < 1.29 is 9.53 Å². The second-order valence-corrected chi connectivity index (χ2v) is 5.26. The van der Waals surface area contributed by atoms with Crippen LogP contribution in [0.1, 0.15) is 33.1 Å². The summed E-state index contributed by atoms with van der Waals surface area (Å²) in [6.45, 7) is 4.97. The number of nitrogens with one attached hydrogen (secondary N) is 1. The molecule has 1 aromatic carbocycles. The topological polar surface area (TPSA) is 64.4 Å². The van der Waals surface area contributed by atoms with Crippen molar-refractivity contribution in [1.29, 1.82) is 0 Å². The fraction of sp³-hybridized carbons (Fsp3) is 0.562. The molecule has 0 aliphatic rings. The molecule has 1 amide bonds. The Labute approximate surface area is 121 Å². The number of nitrogens with two attached hydrogens (primary N) is 1. The molecule has 1 aromatic rings. The summed E-state index contributed by atoms with van der Waals surface area (Å²) in [5.41, 5.74) is 5.69. The van der Waals surface area contributed by atoms with E-state index in [4.69, 9.17) is 10.5 Å². The number of hydrogen-bond acceptors (Lipinski definition) is 3. The summed E-state index contributed by atoms with van der Waals surface area (Å²) in [6, 6.07) is 9.81. The van der Waals surface area contributed by atoms with Gasteiger partial charge in [0.1, 0.15) is 12.4 Å². The standard InChI is InChI=1S/C16H26N2O2/c1-13(7-6-8-14(2)17)16(19)18-11-12-20-15-9-4-3-5-10-15/h3-5,9-10,13-14H,6-8,11-12,17H2,1-2H3,(H,18,19). The van der Waals surface area contributed by atoms with Crippen molar-refractivity contribution in [2.24, 2.45) is 11.7 Å². The molecule has 0 bridgehead atoms. The van der Waals surface area contributed by atoms with E-state index < -0.39 is 0 Å². The Morgan fingerprint density at radius 3 is 2.60 bits per heavy atom. The first-order valence-electron chi connectivity index (χ1n) is 7.30. The van der Waals surface area contributed by atoms with Gasteiger partial charge in [0, 0.05) is 12.0 Å². The van der Waals surface area contributed by atoms with Gasteiger partial charge in [-0.25, -0.2) is 0 Å². The fourth-order valence-electron chi connectivity index (χ4n) is 1.91. The van der Waals surface area contributed by atoms with Crippen LogP contribution in [0.25, 0.3) is 0 Å². The number of benzene rings is 1. The van der Waals surface area contributed by atoms with Gasteiger partial charge in [0.2, 0.25) is 5.91 Å². The zero-order valence-electron chi connectivity index (χ0n) is 12.5. The van der Waals surface area contributed by atoms with Crippen LogP contribution in [0.15, 0.2) is 30.3 Å². The maximum atomic E-state index is 11.8. The number of para-hydroxylation sites is 1. The largest absolute Gasteiger partial charge is 0.492 e. The van der Waals surface area contributed by atoms with E-state index in [-0.39, 0.29) is 17.9 Å². The lowest BCUT2D eigenvalue weighted by molar-refractivity contribution is -0.124. The molecule has 0 saturated carbocycles. The van der Waals surface area contributed by atoms with Gasteiger partial charge in [0.15, 0.2) is 0 Å². The molecule has 0 fully saturated rings. The molecular formula is C16H26N2O2. The molecular weight excluding hydrogens is 252 g/mol. The average Bonchev–Trinajstić information content (AvgIpc) is 2.44. The second-order valence-electron chi connectivity index (χ2n) is 5.26. The number of amides is 1. The van der Waals surface area contributed by atoms with E-state index in [1.807, 2.05) is 44.2 Å². The van der Waals surface area contributed by atoms with Crippen LogP contribution in [0.3, 0.4) is 0 Å². The maximum absolute atomic E-state index is 11.8. The zero-order chi connectivity index (χ0) is 14.8. The molecule has 0 aliphatic carbocycles. The second kappa shape index (κ2) is 9.37. The third-order valence-corrected chi connectivity index (χ3v) is 3.16. The lowest BCUT2D eigenvalue weighted by Gasteiger charge is -2.13. The van der Waals surface area contributed by atoms with Gasteiger partial charge in [-0.3, -0.25) is 4.79 Å². The molecule has 2 unspecified atom stereocenters. The molecule has 0 radical (unpaired) electrons. The van der Waals surface area contributed by atoms with E-state index in [9.17, 15) is 4.79 Å². The van der Waals surface area contributed by atoms with Crippen molar-refractivity contribution >= 4 is 5.91 Å². The number of hydrogen-bond donors (Lipinski definition) is 2. The van der Waals surface area contributed by atoms with Crippen LogP contribution in [-0.2, 0) is 4.79 Å². The lowest BCUT2D eigenvalue weighted by atomic mass is 10.0. The Kier molecular flexibility index (Phi) is 7.73. The SMILES string of the molecule is CC(N)CCCC(C)C(=O)NCCOc1ccccc1. The van der Waals surface area contributed by atoms with Crippen molar-refractivity contribution in [3.63, 3.8) is 0 Å². The Morgan fingerprint density at radius 1 is 1.25 bits per heavy atom. The summed E-state index contributed by atoms with van der Waals surface area (Å²) in [5, 5.41) is 2.90. The number of ether oxygens (including phenoxy) is 1. The predicted molar refractivity (Wildman–Crippen MR) is 81.6 cm³/mol. The first-order valence-corrected chi connectivity index (χ1v) is 7.30. The van der Waals surface area contributed by atoms with Gasteiger partial charge in [0.05, 0.1) is 6.54 Å². The van der Waals surface area contributed by atoms with E-state index in [1.54, 1.807) is 0 Å². The highest BCUT2D eigenvalue weighted by Gasteiger charge is 2.12. The Balaban J connectivity index is 2.10. The molecule has 4 heteroatoms. The van der Waals surface area contributed by atoms with E-state index in [1.165, 1.54) is 0 Å². The van der Waals surface area contributed by atoms with Crippen LogP contribution in [0.4, 0.5) is 0 Å². The Hall–Kier alpha value is -1.55. The maximum Gasteiger partial charge on any atom is 0.222 e. The molecule has 1 rings (SSSR count). The van der Waals surface area contributed by atoms with Crippen LogP contribution in [0.2, 0.25) is 0 Å².